The lowest BCUT2D eigenvalue weighted by Gasteiger charge is -2.23. The third kappa shape index (κ3) is 4.06. The number of aromatic nitrogens is 2. The summed E-state index contributed by atoms with van der Waals surface area (Å²) in [4.78, 5) is 14.2. The molecule has 2 rings (SSSR count). The lowest BCUT2D eigenvalue weighted by atomic mass is 10.2. The van der Waals surface area contributed by atoms with Crippen LogP contribution in [0.1, 0.15) is 12.5 Å². The molecule has 1 amide bonds. The summed E-state index contributed by atoms with van der Waals surface area (Å²) in [6.45, 7) is 2.54. The minimum absolute atomic E-state index is 0.0630. The van der Waals surface area contributed by atoms with Crippen LogP contribution in [0.5, 0.6) is 0 Å². The van der Waals surface area contributed by atoms with Crippen molar-refractivity contribution in [2.75, 3.05) is 18.1 Å². The Kier molecular flexibility index (Phi) is 4.59. The number of likely N-dealkylation sites (N-methyl/N-ethyl adjacent to an activating group) is 1. The van der Waals surface area contributed by atoms with E-state index in [-0.39, 0.29) is 11.9 Å². The number of carbonyl (C=O) groups excluding carboxylic acids is 1. The van der Waals surface area contributed by atoms with Crippen LogP contribution in [0.15, 0.2) is 36.7 Å². The van der Waals surface area contributed by atoms with E-state index in [9.17, 15) is 4.79 Å². The molecule has 6 heteroatoms. The highest BCUT2D eigenvalue weighted by Gasteiger charge is 2.18. The van der Waals surface area contributed by atoms with E-state index in [4.69, 9.17) is 5.73 Å². The molecule has 3 N–H and O–H groups in total. The molecule has 0 aliphatic heterocycles. The number of carbonyl (C=O) groups is 1. The van der Waals surface area contributed by atoms with Crippen molar-refractivity contribution in [3.05, 3.63) is 42.2 Å². The highest BCUT2D eigenvalue weighted by Crippen LogP contribution is 2.13. The SMILES string of the molecule is CC(C(=O)Nc1cccc(N)c1)N(C)Cc1cnn(C)c1. The van der Waals surface area contributed by atoms with Gasteiger partial charge in [0, 0.05) is 36.7 Å². The first-order valence-electron chi connectivity index (χ1n) is 6.80. The monoisotopic (exact) mass is 287 g/mol. The lowest BCUT2D eigenvalue weighted by Crippen LogP contribution is -2.39. The van der Waals surface area contributed by atoms with Crippen LogP contribution in [0.4, 0.5) is 11.4 Å². The molecule has 2 aromatic rings. The minimum Gasteiger partial charge on any atom is -0.399 e. The quantitative estimate of drug-likeness (QED) is 0.816. The van der Waals surface area contributed by atoms with Crippen LogP contribution in [0, 0.1) is 0 Å². The number of hydrogen-bond acceptors (Lipinski definition) is 4. The van der Waals surface area contributed by atoms with Gasteiger partial charge in [0.15, 0.2) is 0 Å². The zero-order valence-electron chi connectivity index (χ0n) is 12.6. The summed E-state index contributed by atoms with van der Waals surface area (Å²) in [6, 6.07) is 6.91. The van der Waals surface area contributed by atoms with Gasteiger partial charge in [0.05, 0.1) is 12.2 Å². The van der Waals surface area contributed by atoms with Crippen LogP contribution < -0.4 is 11.1 Å². The second-order valence-electron chi connectivity index (χ2n) is 5.23. The second-order valence-corrected chi connectivity index (χ2v) is 5.23. The summed E-state index contributed by atoms with van der Waals surface area (Å²) in [7, 11) is 3.79. The summed E-state index contributed by atoms with van der Waals surface area (Å²) in [6.07, 6.45) is 3.75. The molecular weight excluding hydrogens is 266 g/mol. The van der Waals surface area contributed by atoms with Crippen molar-refractivity contribution in [1.29, 1.82) is 0 Å². The number of rotatable bonds is 5. The summed E-state index contributed by atoms with van der Waals surface area (Å²) in [5, 5.41) is 7.00. The molecule has 1 aromatic carbocycles. The fourth-order valence-corrected chi connectivity index (χ4v) is 2.04. The molecular formula is C15H21N5O. The number of benzene rings is 1. The highest BCUT2D eigenvalue weighted by molar-refractivity contribution is 5.94. The Bertz CT molecular complexity index is 622. The van der Waals surface area contributed by atoms with Gasteiger partial charge in [0.2, 0.25) is 5.91 Å². The average Bonchev–Trinajstić information content (AvgIpc) is 2.83. The van der Waals surface area contributed by atoms with E-state index in [1.54, 1.807) is 23.0 Å². The number of nitrogens with two attached hydrogens (primary N) is 1. The smallest absolute Gasteiger partial charge is 0.241 e. The Morgan fingerprint density at radius 2 is 2.29 bits per heavy atom. The van der Waals surface area contributed by atoms with Gasteiger partial charge in [-0.2, -0.15) is 5.10 Å². The molecule has 0 spiro atoms. The van der Waals surface area contributed by atoms with E-state index in [1.807, 2.05) is 44.2 Å². The number of hydrogen-bond donors (Lipinski definition) is 2. The van der Waals surface area contributed by atoms with Crippen LogP contribution in [0.25, 0.3) is 0 Å². The summed E-state index contributed by atoms with van der Waals surface area (Å²) < 4.78 is 1.75. The van der Waals surface area contributed by atoms with Gasteiger partial charge in [-0.1, -0.05) is 6.07 Å². The molecule has 1 aromatic heterocycles. The predicted octanol–water partition coefficient (Wildman–Crippen LogP) is 1.46. The molecule has 0 aliphatic carbocycles. The molecule has 21 heavy (non-hydrogen) atoms. The molecule has 1 unspecified atom stereocenters. The summed E-state index contributed by atoms with van der Waals surface area (Å²) >= 11 is 0. The van der Waals surface area contributed by atoms with Crippen molar-refractivity contribution in [2.45, 2.75) is 19.5 Å². The molecule has 0 saturated carbocycles. The molecule has 112 valence electrons. The maximum atomic E-state index is 12.2. The van der Waals surface area contributed by atoms with Gasteiger partial charge in [0.1, 0.15) is 0 Å². The first kappa shape index (κ1) is 15.1. The van der Waals surface area contributed by atoms with E-state index in [2.05, 4.69) is 10.4 Å². The second kappa shape index (κ2) is 6.41. The zero-order chi connectivity index (χ0) is 15.4. The Balaban J connectivity index is 1.95. The number of amides is 1. The van der Waals surface area contributed by atoms with E-state index < -0.39 is 0 Å². The first-order chi connectivity index (χ1) is 9.95. The number of nitrogen functional groups attached to an aromatic ring is 1. The third-order valence-electron chi connectivity index (χ3n) is 3.39. The van der Waals surface area contributed by atoms with Gasteiger partial charge < -0.3 is 11.1 Å². The largest absolute Gasteiger partial charge is 0.399 e. The molecule has 0 radical (unpaired) electrons. The number of nitrogens with one attached hydrogen (secondary N) is 1. The zero-order valence-corrected chi connectivity index (χ0v) is 12.6. The normalized spacial score (nSPS) is 12.4. The Labute approximate surface area is 124 Å². The molecule has 1 heterocycles. The van der Waals surface area contributed by atoms with Gasteiger partial charge in [-0.05, 0) is 32.2 Å². The van der Waals surface area contributed by atoms with Crippen LogP contribution in [-0.4, -0.2) is 33.7 Å². The number of anilines is 2. The van der Waals surface area contributed by atoms with Crippen LogP contribution >= 0.6 is 0 Å². The van der Waals surface area contributed by atoms with Crippen LogP contribution in [0.3, 0.4) is 0 Å². The van der Waals surface area contributed by atoms with Crippen LogP contribution in [-0.2, 0) is 18.4 Å². The van der Waals surface area contributed by atoms with Gasteiger partial charge >= 0.3 is 0 Å². The lowest BCUT2D eigenvalue weighted by molar-refractivity contribution is -0.120. The molecule has 0 bridgehead atoms. The van der Waals surface area contributed by atoms with Gasteiger partial charge in [0.25, 0.3) is 0 Å². The summed E-state index contributed by atoms with van der Waals surface area (Å²) in [5.74, 6) is -0.0630. The van der Waals surface area contributed by atoms with Crippen molar-refractivity contribution in [3.8, 4) is 0 Å². The maximum Gasteiger partial charge on any atom is 0.241 e. The van der Waals surface area contributed by atoms with Crippen molar-refractivity contribution < 1.29 is 4.79 Å². The van der Waals surface area contributed by atoms with Gasteiger partial charge in [-0.3, -0.25) is 14.4 Å². The maximum absolute atomic E-state index is 12.2. The number of nitrogens with zero attached hydrogens (tertiary/aromatic N) is 3. The van der Waals surface area contributed by atoms with Crippen LogP contribution in [0.2, 0.25) is 0 Å². The summed E-state index contributed by atoms with van der Waals surface area (Å²) in [5.41, 5.74) is 8.12. The van der Waals surface area contributed by atoms with Gasteiger partial charge in [-0.25, -0.2) is 0 Å². The Morgan fingerprint density at radius 3 is 2.90 bits per heavy atom. The van der Waals surface area contributed by atoms with Crippen molar-refractivity contribution in [3.63, 3.8) is 0 Å². The van der Waals surface area contributed by atoms with E-state index in [0.717, 1.165) is 5.56 Å². The van der Waals surface area contributed by atoms with E-state index in [0.29, 0.717) is 17.9 Å². The molecule has 0 aliphatic rings. The topological polar surface area (TPSA) is 76.2 Å². The average molecular weight is 287 g/mol. The molecule has 0 fully saturated rings. The Morgan fingerprint density at radius 1 is 1.52 bits per heavy atom. The molecule has 0 saturated heterocycles. The van der Waals surface area contributed by atoms with Gasteiger partial charge in [-0.15, -0.1) is 0 Å². The number of aryl methyl sites for hydroxylation is 1. The van der Waals surface area contributed by atoms with Crippen molar-refractivity contribution >= 4 is 17.3 Å². The third-order valence-corrected chi connectivity index (χ3v) is 3.39. The minimum atomic E-state index is -0.258. The molecule has 6 nitrogen and oxygen atoms in total. The van der Waals surface area contributed by atoms with E-state index >= 15 is 0 Å². The highest BCUT2D eigenvalue weighted by atomic mass is 16.2. The van der Waals surface area contributed by atoms with Crippen molar-refractivity contribution in [2.24, 2.45) is 7.05 Å². The first-order valence-corrected chi connectivity index (χ1v) is 6.80. The molecule has 1 atom stereocenters. The fraction of sp³-hybridized carbons (Fsp3) is 0.333. The Hall–Kier alpha value is -2.34. The van der Waals surface area contributed by atoms with E-state index in [1.165, 1.54) is 0 Å². The fourth-order valence-electron chi connectivity index (χ4n) is 2.04. The van der Waals surface area contributed by atoms with Crippen molar-refractivity contribution in [1.82, 2.24) is 14.7 Å². The predicted molar refractivity (Wildman–Crippen MR) is 83.6 cm³/mol. The standard InChI is InChI=1S/C15H21N5O/c1-11(19(2)9-12-8-17-20(3)10-12)15(21)18-14-6-4-5-13(16)7-14/h4-8,10-11H,9,16H2,1-3H3,(H,18,21).